The molecular weight excluding hydrogens is 750 g/mol. The number of aliphatic hydroxyl groups excluding tert-OH is 10. The Kier molecular flexibility index (Phi) is 14.6. The molecule has 5 rings (SSSR count). The van der Waals surface area contributed by atoms with E-state index in [0.29, 0.717) is 36.2 Å². The van der Waals surface area contributed by atoms with E-state index < -0.39 is 87.3 Å². The van der Waals surface area contributed by atoms with Crippen LogP contribution in [-0.4, -0.2) is 201 Å². The summed E-state index contributed by atoms with van der Waals surface area (Å²) in [4.78, 5) is 46.1. The number of carbonyl (C=O) groups excluding carboxylic acids is 2. The van der Waals surface area contributed by atoms with Crippen molar-refractivity contribution in [3.05, 3.63) is 36.0 Å². The third-order valence-electron chi connectivity index (χ3n) is 10.7. The molecule has 0 spiro atoms. The van der Waals surface area contributed by atoms with Crippen LogP contribution in [0, 0.1) is 0 Å². The fraction of sp³-hybridized carbons (Fsp3) is 0.611. The molecular formula is C36H55N9O12. The zero-order valence-electron chi connectivity index (χ0n) is 31.8. The Morgan fingerprint density at radius 2 is 1.44 bits per heavy atom. The average Bonchev–Trinajstić information content (AvgIpc) is 3.95. The molecule has 1 aromatic carbocycles. The fourth-order valence-corrected chi connectivity index (χ4v) is 7.53. The number of aromatic nitrogens is 3. The third-order valence-corrected chi connectivity index (χ3v) is 10.7. The number of nitrogen functional groups attached to an aromatic ring is 1. The molecule has 2 aromatic heterocycles. The molecule has 2 amide bonds. The number of hydrogen-bond acceptors (Lipinski definition) is 18. The monoisotopic (exact) mass is 805 g/mol. The lowest BCUT2D eigenvalue weighted by Crippen LogP contribution is -2.55. The van der Waals surface area contributed by atoms with Crippen molar-refractivity contribution in [1.29, 1.82) is 0 Å². The molecule has 0 radical (unpaired) electrons. The predicted molar refractivity (Wildman–Crippen MR) is 206 cm³/mol. The van der Waals surface area contributed by atoms with E-state index in [1.165, 1.54) is 4.90 Å². The van der Waals surface area contributed by atoms with Gasteiger partial charge in [0.25, 0.3) is 5.91 Å². The van der Waals surface area contributed by atoms with Crippen molar-refractivity contribution in [3.63, 3.8) is 0 Å². The van der Waals surface area contributed by atoms with Crippen molar-refractivity contribution in [2.75, 3.05) is 73.3 Å². The first-order valence-electron chi connectivity index (χ1n) is 18.9. The first-order valence-corrected chi connectivity index (χ1v) is 18.9. The summed E-state index contributed by atoms with van der Waals surface area (Å²) in [6.45, 7) is 2.57. The van der Waals surface area contributed by atoms with Gasteiger partial charge in [-0.05, 0) is 44.5 Å². The van der Waals surface area contributed by atoms with E-state index in [9.17, 15) is 60.7 Å². The standard InChI is InChI=1S/C36H55N9O12/c1-3-44-21-6-5-18(11-22(21)45(4-2)28(44)12-27(52)40-35-33(37)41-34-20(39-35)7-9-38-34)36(57)42-10-8-19(13-42)43(14-23(48)29(53)31(55)25(50)16-46)15-24(49)30(54)32(56)26(51)17-47/h5-7,9,11,19,23-26,28-32,46-51,53-56H,3-4,8,10,12-17H2,1-2H3,(H3,37,38,41)(H,39,40,52)/t19-,23+,24+,25-,26-,28?,29-,30-,31-,32-/m1/s1. The van der Waals surface area contributed by atoms with Crippen LogP contribution in [0.3, 0.4) is 0 Å². The highest BCUT2D eigenvalue weighted by Gasteiger charge is 2.40. The van der Waals surface area contributed by atoms with Gasteiger partial charge in [0.1, 0.15) is 48.3 Å². The number of H-pyrrole nitrogens is 1. The zero-order chi connectivity index (χ0) is 41.7. The smallest absolute Gasteiger partial charge is 0.253 e. The second-order valence-electron chi connectivity index (χ2n) is 14.4. The van der Waals surface area contributed by atoms with Gasteiger partial charge >= 0.3 is 0 Å². The van der Waals surface area contributed by atoms with Crippen LogP contribution in [-0.2, 0) is 4.79 Å². The van der Waals surface area contributed by atoms with E-state index in [-0.39, 0.29) is 43.0 Å². The Bertz CT molecular complexity index is 1790. The number of benzene rings is 1. The summed E-state index contributed by atoms with van der Waals surface area (Å²) >= 11 is 0. The summed E-state index contributed by atoms with van der Waals surface area (Å²) in [7, 11) is 0. The van der Waals surface area contributed by atoms with E-state index in [2.05, 4.69) is 25.2 Å². The van der Waals surface area contributed by atoms with Gasteiger partial charge in [0.15, 0.2) is 17.3 Å². The van der Waals surface area contributed by atoms with Crippen molar-refractivity contribution in [1.82, 2.24) is 24.8 Å². The number of nitrogens with zero attached hydrogens (tertiary/aromatic N) is 6. The summed E-state index contributed by atoms with van der Waals surface area (Å²) in [6.07, 6.45) is -13.1. The lowest BCUT2D eigenvalue weighted by atomic mass is 10.00. The number of hydrogen-bond donors (Lipinski definition) is 13. The Morgan fingerprint density at radius 3 is 2.02 bits per heavy atom. The van der Waals surface area contributed by atoms with Crippen molar-refractivity contribution < 1.29 is 60.7 Å². The number of anilines is 4. The van der Waals surface area contributed by atoms with Crippen LogP contribution >= 0.6 is 0 Å². The van der Waals surface area contributed by atoms with Crippen LogP contribution < -0.4 is 20.9 Å². The first kappa shape index (κ1) is 43.9. The maximum absolute atomic E-state index is 14.0. The molecule has 0 aliphatic carbocycles. The number of carbonyl (C=O) groups is 2. The highest BCUT2D eigenvalue weighted by atomic mass is 16.4. The SMILES string of the molecule is CCN1c2ccc(C(=O)N3CC[C@@H](N(C[C@H](O)[C@@H](O)[C@H](O)[C@H](O)CO)C[C@H](O)[C@@H](O)[C@H](O)[C@H](O)CO)C3)cc2N(CC)C1CC(=O)Nc1nc2cc[nH]c2nc1N. The Morgan fingerprint density at radius 1 is 0.860 bits per heavy atom. The van der Waals surface area contributed by atoms with E-state index in [1.54, 1.807) is 29.3 Å². The number of rotatable bonds is 19. The highest BCUT2D eigenvalue weighted by Crippen LogP contribution is 2.41. The number of likely N-dealkylation sites (tertiary alicyclic amines) is 1. The van der Waals surface area contributed by atoms with Crippen molar-refractivity contribution >= 4 is 46.0 Å². The Labute approximate surface area is 328 Å². The molecule has 10 atom stereocenters. The van der Waals surface area contributed by atoms with Gasteiger partial charge in [-0.15, -0.1) is 0 Å². The lowest BCUT2D eigenvalue weighted by Gasteiger charge is -2.36. The molecule has 0 bridgehead atoms. The van der Waals surface area contributed by atoms with Crippen LogP contribution in [0.4, 0.5) is 23.0 Å². The summed E-state index contributed by atoms with van der Waals surface area (Å²) in [5.74, 6) is -0.451. The number of nitrogens with one attached hydrogen (secondary N) is 2. The Balaban J connectivity index is 1.30. The van der Waals surface area contributed by atoms with Crippen molar-refractivity contribution in [2.24, 2.45) is 0 Å². The van der Waals surface area contributed by atoms with Gasteiger partial charge in [0, 0.05) is 57.1 Å². The van der Waals surface area contributed by atoms with Crippen LogP contribution in [0.5, 0.6) is 0 Å². The molecule has 14 N–H and O–H groups in total. The number of aromatic amines is 1. The summed E-state index contributed by atoms with van der Waals surface area (Å²) < 4.78 is 0. The van der Waals surface area contributed by atoms with Gasteiger partial charge in [0.05, 0.1) is 43.2 Å². The van der Waals surface area contributed by atoms with Gasteiger partial charge < -0.3 is 81.8 Å². The molecule has 21 nitrogen and oxygen atoms in total. The largest absolute Gasteiger partial charge is 0.394 e. The van der Waals surface area contributed by atoms with Crippen molar-refractivity contribution in [2.45, 2.75) is 87.7 Å². The molecule has 1 saturated heterocycles. The van der Waals surface area contributed by atoms with Gasteiger partial charge in [-0.3, -0.25) is 14.5 Å². The van der Waals surface area contributed by atoms with Gasteiger partial charge in [-0.1, -0.05) is 0 Å². The van der Waals surface area contributed by atoms with E-state index >= 15 is 0 Å². The molecule has 4 heterocycles. The minimum atomic E-state index is -1.94. The molecule has 0 saturated carbocycles. The minimum absolute atomic E-state index is 0.0443. The van der Waals surface area contributed by atoms with Gasteiger partial charge in [0.2, 0.25) is 5.91 Å². The molecule has 3 aromatic rings. The molecule has 1 unspecified atom stereocenters. The fourth-order valence-electron chi connectivity index (χ4n) is 7.53. The van der Waals surface area contributed by atoms with Gasteiger partial charge in [-0.25, -0.2) is 9.97 Å². The molecule has 2 aliphatic rings. The predicted octanol–water partition coefficient (Wildman–Crippen LogP) is -4.05. The van der Waals surface area contributed by atoms with Crippen LogP contribution in [0.25, 0.3) is 11.2 Å². The molecule has 57 heavy (non-hydrogen) atoms. The van der Waals surface area contributed by atoms with Crippen LogP contribution in [0.2, 0.25) is 0 Å². The molecule has 2 aliphatic heterocycles. The Hall–Kier alpha value is -4.26. The molecule has 316 valence electrons. The van der Waals surface area contributed by atoms with Crippen LogP contribution in [0.1, 0.15) is 37.0 Å². The maximum atomic E-state index is 14.0. The van der Waals surface area contributed by atoms with E-state index in [0.717, 1.165) is 11.4 Å². The molecule has 1 fully saturated rings. The first-order chi connectivity index (χ1) is 27.1. The third kappa shape index (κ3) is 9.56. The van der Waals surface area contributed by atoms with Crippen LogP contribution in [0.15, 0.2) is 30.5 Å². The average molecular weight is 806 g/mol. The number of nitrogens with two attached hydrogens (primary N) is 1. The lowest BCUT2D eigenvalue weighted by molar-refractivity contribution is -0.133. The molecule has 21 heteroatoms. The number of aliphatic hydroxyl groups is 10. The van der Waals surface area contributed by atoms with Crippen molar-refractivity contribution in [3.8, 4) is 0 Å². The van der Waals surface area contributed by atoms with E-state index in [1.807, 2.05) is 24.8 Å². The summed E-state index contributed by atoms with van der Waals surface area (Å²) in [6, 6.07) is 6.40. The van der Waals surface area contributed by atoms with Gasteiger partial charge in [-0.2, -0.15) is 0 Å². The zero-order valence-corrected chi connectivity index (χ0v) is 31.8. The van der Waals surface area contributed by atoms with E-state index in [4.69, 9.17) is 5.73 Å². The summed E-state index contributed by atoms with van der Waals surface area (Å²) in [5.41, 5.74) is 9.03. The highest BCUT2D eigenvalue weighted by molar-refractivity contribution is 5.98. The topological polar surface area (TPSA) is 329 Å². The second-order valence-corrected chi connectivity index (χ2v) is 14.4. The number of fused-ring (bicyclic) bond motifs is 2. The minimum Gasteiger partial charge on any atom is -0.394 e. The second kappa shape index (κ2) is 19.0. The number of amides is 2. The normalized spacial score (nSPS) is 21.3. The maximum Gasteiger partial charge on any atom is 0.253 e. The quantitative estimate of drug-likeness (QED) is 0.0548. The summed E-state index contributed by atoms with van der Waals surface area (Å²) in [5, 5.41) is 104.